The summed E-state index contributed by atoms with van der Waals surface area (Å²) in [5, 5.41) is 0. The number of aromatic nitrogens is 2. The molecule has 1 aromatic carbocycles. The predicted octanol–water partition coefficient (Wildman–Crippen LogP) is 3.76. The maximum absolute atomic E-state index is 12.5. The normalized spacial score (nSPS) is 15.2. The molecule has 27 heavy (non-hydrogen) atoms. The van der Waals surface area contributed by atoms with Crippen molar-refractivity contribution in [2.45, 2.75) is 41.5 Å². The van der Waals surface area contributed by atoms with Crippen molar-refractivity contribution in [1.82, 2.24) is 14.9 Å². The SMILES string of the molecule is Cc1ccc(-c2nc(C)c(C)c(N3CCN(C(=O)C(C)(C)C)CC3)n2)cc1. The molecule has 0 unspecified atom stereocenters. The van der Waals surface area contributed by atoms with Crippen molar-refractivity contribution >= 4 is 11.7 Å². The molecule has 5 heteroatoms. The Morgan fingerprint density at radius 1 is 0.926 bits per heavy atom. The number of piperazine rings is 1. The maximum atomic E-state index is 12.5. The summed E-state index contributed by atoms with van der Waals surface area (Å²) in [6, 6.07) is 8.32. The molecule has 0 spiro atoms. The Hall–Kier alpha value is -2.43. The van der Waals surface area contributed by atoms with Crippen LogP contribution in [-0.2, 0) is 4.79 Å². The van der Waals surface area contributed by atoms with Gasteiger partial charge in [-0.05, 0) is 20.8 Å². The molecule has 0 atom stereocenters. The monoisotopic (exact) mass is 366 g/mol. The molecule has 0 N–H and O–H groups in total. The van der Waals surface area contributed by atoms with Gasteiger partial charge in [-0.25, -0.2) is 9.97 Å². The van der Waals surface area contributed by atoms with Gasteiger partial charge in [0.25, 0.3) is 0 Å². The van der Waals surface area contributed by atoms with Gasteiger partial charge in [0.2, 0.25) is 5.91 Å². The van der Waals surface area contributed by atoms with E-state index in [4.69, 9.17) is 9.97 Å². The maximum Gasteiger partial charge on any atom is 0.228 e. The number of amides is 1. The Labute approximate surface area is 162 Å². The van der Waals surface area contributed by atoms with Crippen LogP contribution in [0.4, 0.5) is 5.82 Å². The largest absolute Gasteiger partial charge is 0.353 e. The Kier molecular flexibility index (Phi) is 5.22. The third kappa shape index (κ3) is 4.12. The van der Waals surface area contributed by atoms with Crippen LogP contribution in [0.25, 0.3) is 11.4 Å². The molecule has 0 saturated carbocycles. The standard InChI is InChI=1S/C22H30N4O/c1-15-7-9-18(10-8-15)19-23-17(3)16(2)20(24-19)25-11-13-26(14-12-25)21(27)22(4,5)6/h7-10H,11-14H2,1-6H3. The highest BCUT2D eigenvalue weighted by Crippen LogP contribution is 2.26. The summed E-state index contributed by atoms with van der Waals surface area (Å²) in [6.45, 7) is 15.2. The Morgan fingerprint density at radius 3 is 2.07 bits per heavy atom. The van der Waals surface area contributed by atoms with Crippen molar-refractivity contribution in [1.29, 1.82) is 0 Å². The summed E-state index contributed by atoms with van der Waals surface area (Å²) < 4.78 is 0. The summed E-state index contributed by atoms with van der Waals surface area (Å²) in [5.74, 6) is 1.97. The van der Waals surface area contributed by atoms with Gasteiger partial charge in [-0.2, -0.15) is 0 Å². The van der Waals surface area contributed by atoms with Crippen LogP contribution in [0.5, 0.6) is 0 Å². The molecular formula is C22H30N4O. The molecule has 1 aliphatic rings. The summed E-state index contributed by atoms with van der Waals surface area (Å²) in [4.78, 5) is 26.4. The van der Waals surface area contributed by atoms with Gasteiger partial charge in [-0.1, -0.05) is 50.6 Å². The highest BCUT2D eigenvalue weighted by atomic mass is 16.2. The minimum atomic E-state index is -0.331. The van der Waals surface area contributed by atoms with E-state index in [0.717, 1.165) is 54.6 Å². The van der Waals surface area contributed by atoms with Crippen molar-refractivity contribution in [3.05, 3.63) is 41.1 Å². The lowest BCUT2D eigenvalue weighted by atomic mass is 9.94. The lowest BCUT2D eigenvalue weighted by molar-refractivity contribution is -0.139. The fourth-order valence-corrected chi connectivity index (χ4v) is 3.35. The average Bonchev–Trinajstić information content (AvgIpc) is 2.63. The quantitative estimate of drug-likeness (QED) is 0.812. The third-order valence-electron chi connectivity index (χ3n) is 5.18. The van der Waals surface area contributed by atoms with Crippen LogP contribution in [0.3, 0.4) is 0 Å². The number of hydrogen-bond donors (Lipinski definition) is 0. The number of nitrogens with zero attached hydrogens (tertiary/aromatic N) is 4. The lowest BCUT2D eigenvalue weighted by Gasteiger charge is -2.38. The van der Waals surface area contributed by atoms with Crippen LogP contribution in [0.15, 0.2) is 24.3 Å². The van der Waals surface area contributed by atoms with E-state index in [-0.39, 0.29) is 11.3 Å². The van der Waals surface area contributed by atoms with Crippen LogP contribution in [-0.4, -0.2) is 47.0 Å². The zero-order valence-electron chi connectivity index (χ0n) is 17.3. The fraction of sp³-hybridized carbons (Fsp3) is 0.500. The first-order chi connectivity index (χ1) is 12.7. The van der Waals surface area contributed by atoms with E-state index in [9.17, 15) is 4.79 Å². The average molecular weight is 367 g/mol. The molecule has 5 nitrogen and oxygen atoms in total. The summed E-state index contributed by atoms with van der Waals surface area (Å²) in [7, 11) is 0. The molecule has 2 aromatic rings. The highest BCUT2D eigenvalue weighted by Gasteiger charge is 2.30. The van der Waals surface area contributed by atoms with Crippen molar-refractivity contribution in [3.63, 3.8) is 0 Å². The van der Waals surface area contributed by atoms with Crippen LogP contribution in [0.2, 0.25) is 0 Å². The zero-order valence-corrected chi connectivity index (χ0v) is 17.3. The van der Waals surface area contributed by atoms with Gasteiger partial charge >= 0.3 is 0 Å². The van der Waals surface area contributed by atoms with E-state index in [1.165, 1.54) is 5.56 Å². The van der Waals surface area contributed by atoms with Gasteiger partial charge in [-0.3, -0.25) is 4.79 Å². The first kappa shape index (κ1) is 19.3. The molecule has 1 fully saturated rings. The van der Waals surface area contributed by atoms with Gasteiger partial charge in [0.05, 0.1) is 0 Å². The van der Waals surface area contributed by atoms with E-state index in [1.807, 2.05) is 32.6 Å². The Bertz CT molecular complexity index is 829. The van der Waals surface area contributed by atoms with Gasteiger partial charge in [0.15, 0.2) is 5.82 Å². The van der Waals surface area contributed by atoms with Crippen LogP contribution >= 0.6 is 0 Å². The predicted molar refractivity (Wildman–Crippen MR) is 110 cm³/mol. The number of carbonyl (C=O) groups excluding carboxylic acids is 1. The number of aryl methyl sites for hydroxylation is 2. The molecule has 3 rings (SSSR count). The lowest BCUT2D eigenvalue weighted by Crippen LogP contribution is -2.52. The van der Waals surface area contributed by atoms with E-state index >= 15 is 0 Å². The van der Waals surface area contributed by atoms with E-state index < -0.39 is 0 Å². The number of benzene rings is 1. The molecule has 2 heterocycles. The zero-order chi connectivity index (χ0) is 19.8. The summed E-state index contributed by atoms with van der Waals surface area (Å²) in [5.41, 5.74) is 4.04. The molecule has 0 bridgehead atoms. The number of anilines is 1. The summed E-state index contributed by atoms with van der Waals surface area (Å²) in [6.07, 6.45) is 0. The number of hydrogen-bond acceptors (Lipinski definition) is 4. The third-order valence-corrected chi connectivity index (χ3v) is 5.18. The second kappa shape index (κ2) is 7.29. The van der Waals surface area contributed by atoms with Crippen LogP contribution < -0.4 is 4.90 Å². The van der Waals surface area contributed by atoms with Crippen molar-refractivity contribution in [2.24, 2.45) is 5.41 Å². The van der Waals surface area contributed by atoms with Gasteiger partial charge < -0.3 is 9.80 Å². The van der Waals surface area contributed by atoms with E-state index in [2.05, 4.69) is 43.0 Å². The van der Waals surface area contributed by atoms with E-state index in [1.54, 1.807) is 0 Å². The molecule has 1 aliphatic heterocycles. The molecule has 144 valence electrons. The van der Waals surface area contributed by atoms with Crippen LogP contribution in [0.1, 0.15) is 37.6 Å². The molecule has 1 saturated heterocycles. The highest BCUT2D eigenvalue weighted by molar-refractivity contribution is 5.81. The summed E-state index contributed by atoms with van der Waals surface area (Å²) >= 11 is 0. The van der Waals surface area contributed by atoms with Crippen molar-refractivity contribution in [3.8, 4) is 11.4 Å². The minimum Gasteiger partial charge on any atom is -0.353 e. The Balaban J connectivity index is 1.83. The van der Waals surface area contributed by atoms with E-state index in [0.29, 0.717) is 0 Å². The van der Waals surface area contributed by atoms with Crippen LogP contribution in [0, 0.1) is 26.2 Å². The molecule has 0 radical (unpaired) electrons. The van der Waals surface area contributed by atoms with Crippen molar-refractivity contribution < 1.29 is 4.79 Å². The second-order valence-corrected chi connectivity index (χ2v) is 8.48. The van der Waals surface area contributed by atoms with Gasteiger partial charge in [0.1, 0.15) is 5.82 Å². The van der Waals surface area contributed by atoms with Gasteiger partial charge in [0, 0.05) is 48.4 Å². The molecule has 0 aliphatic carbocycles. The first-order valence-electron chi connectivity index (χ1n) is 9.63. The Morgan fingerprint density at radius 2 is 1.52 bits per heavy atom. The second-order valence-electron chi connectivity index (χ2n) is 8.48. The smallest absolute Gasteiger partial charge is 0.228 e. The molecule has 1 amide bonds. The number of rotatable bonds is 2. The first-order valence-corrected chi connectivity index (χ1v) is 9.63. The minimum absolute atomic E-state index is 0.220. The van der Waals surface area contributed by atoms with Gasteiger partial charge in [-0.15, -0.1) is 0 Å². The fourth-order valence-electron chi connectivity index (χ4n) is 3.35. The van der Waals surface area contributed by atoms with Crippen molar-refractivity contribution in [2.75, 3.05) is 31.1 Å². The molecular weight excluding hydrogens is 336 g/mol. The number of carbonyl (C=O) groups is 1. The molecule has 1 aromatic heterocycles. The topological polar surface area (TPSA) is 49.3 Å².